The molecule has 0 saturated heterocycles. The Labute approximate surface area is 135 Å². The van der Waals surface area contributed by atoms with E-state index in [1.807, 2.05) is 29.7 Å². The molecule has 3 rings (SSSR count). The second kappa shape index (κ2) is 6.91. The molecule has 0 amide bonds. The van der Waals surface area contributed by atoms with Crippen molar-refractivity contribution in [1.29, 1.82) is 0 Å². The molecule has 1 N–H and O–H groups in total. The van der Waals surface area contributed by atoms with Gasteiger partial charge < -0.3 is 5.32 Å². The maximum Gasteiger partial charge on any atom is 0.0896 e. The molecule has 1 aromatic heterocycles. The van der Waals surface area contributed by atoms with Gasteiger partial charge in [0.05, 0.1) is 5.01 Å². The van der Waals surface area contributed by atoms with Crippen LogP contribution >= 0.6 is 22.9 Å². The predicted molar refractivity (Wildman–Crippen MR) is 90.2 cm³/mol. The fourth-order valence-corrected chi connectivity index (χ4v) is 3.61. The Morgan fingerprint density at radius 2 is 2.05 bits per heavy atom. The highest BCUT2D eigenvalue weighted by Crippen LogP contribution is 2.23. The summed E-state index contributed by atoms with van der Waals surface area (Å²) in [5.74, 6) is 0.617. The van der Waals surface area contributed by atoms with E-state index in [0.717, 1.165) is 35.5 Å². The van der Waals surface area contributed by atoms with Crippen LogP contribution in [-0.2, 0) is 12.8 Å². The van der Waals surface area contributed by atoms with E-state index < -0.39 is 0 Å². The molecule has 2 nitrogen and oxygen atoms in total. The topological polar surface area (TPSA) is 24.9 Å². The normalized spacial score (nSPS) is 16.1. The van der Waals surface area contributed by atoms with Crippen LogP contribution in [0.2, 0.25) is 5.02 Å². The van der Waals surface area contributed by atoms with Gasteiger partial charge in [-0.3, -0.25) is 0 Å². The van der Waals surface area contributed by atoms with Crippen molar-refractivity contribution < 1.29 is 0 Å². The quantitative estimate of drug-likeness (QED) is 0.824. The lowest BCUT2D eigenvalue weighted by molar-refractivity contribution is 0.471. The van der Waals surface area contributed by atoms with Crippen molar-refractivity contribution in [3.63, 3.8) is 0 Å². The number of nitrogens with one attached hydrogen (secondary N) is 1. The Balaban J connectivity index is 1.63. The van der Waals surface area contributed by atoms with Crippen LogP contribution in [0.25, 0.3) is 0 Å². The molecule has 1 fully saturated rings. The molecule has 112 valence electrons. The van der Waals surface area contributed by atoms with Crippen molar-refractivity contribution in [2.75, 3.05) is 6.54 Å². The van der Waals surface area contributed by atoms with E-state index in [2.05, 4.69) is 29.4 Å². The van der Waals surface area contributed by atoms with Crippen molar-refractivity contribution in [2.45, 2.75) is 38.6 Å². The van der Waals surface area contributed by atoms with E-state index >= 15 is 0 Å². The molecule has 1 aliphatic carbocycles. The molecule has 1 unspecified atom stereocenters. The van der Waals surface area contributed by atoms with E-state index in [0.29, 0.717) is 5.92 Å². The average molecular weight is 321 g/mol. The first-order valence-electron chi connectivity index (χ1n) is 7.58. The van der Waals surface area contributed by atoms with Gasteiger partial charge in [0, 0.05) is 22.1 Å². The third-order valence-electron chi connectivity index (χ3n) is 3.87. The van der Waals surface area contributed by atoms with Crippen LogP contribution in [0.1, 0.15) is 28.3 Å². The van der Waals surface area contributed by atoms with Crippen molar-refractivity contribution in [3.05, 3.63) is 50.9 Å². The van der Waals surface area contributed by atoms with Gasteiger partial charge in [0.25, 0.3) is 0 Å². The number of aryl methyl sites for hydroxylation is 1. The number of hydrogen-bond acceptors (Lipinski definition) is 3. The summed E-state index contributed by atoms with van der Waals surface area (Å²) in [6.45, 7) is 3.16. The van der Waals surface area contributed by atoms with Crippen LogP contribution in [0.4, 0.5) is 0 Å². The SMILES string of the molecule is Cc1ncc(CC(CNC2CC2)Cc2ccc(Cl)cc2)s1. The second-order valence-electron chi connectivity index (χ2n) is 5.93. The van der Waals surface area contributed by atoms with E-state index in [1.165, 1.54) is 23.3 Å². The van der Waals surface area contributed by atoms with E-state index in [1.54, 1.807) is 0 Å². The number of aromatic nitrogens is 1. The minimum Gasteiger partial charge on any atom is -0.314 e. The van der Waals surface area contributed by atoms with E-state index in [9.17, 15) is 0 Å². The molecular formula is C17H21ClN2S. The Bertz CT molecular complexity index is 575. The Kier molecular flexibility index (Phi) is 4.94. The first kappa shape index (κ1) is 15.0. The van der Waals surface area contributed by atoms with Crippen molar-refractivity contribution in [3.8, 4) is 0 Å². The smallest absolute Gasteiger partial charge is 0.0896 e. The van der Waals surface area contributed by atoms with Crippen LogP contribution in [0.15, 0.2) is 30.5 Å². The molecule has 0 bridgehead atoms. The molecule has 1 aromatic carbocycles. The Morgan fingerprint density at radius 1 is 1.29 bits per heavy atom. The Hall–Kier alpha value is -0.900. The summed E-state index contributed by atoms with van der Waals surface area (Å²) in [5, 5.41) is 5.64. The average Bonchev–Trinajstić information content (AvgIpc) is 3.21. The Morgan fingerprint density at radius 3 is 2.67 bits per heavy atom. The molecule has 0 aliphatic heterocycles. The van der Waals surface area contributed by atoms with Gasteiger partial charge in [-0.05, 0) is 62.8 Å². The third-order valence-corrected chi connectivity index (χ3v) is 5.06. The molecule has 2 aromatic rings. The molecule has 1 saturated carbocycles. The third kappa shape index (κ3) is 4.80. The number of benzene rings is 1. The van der Waals surface area contributed by atoms with Crippen LogP contribution in [0, 0.1) is 12.8 Å². The zero-order chi connectivity index (χ0) is 14.7. The van der Waals surface area contributed by atoms with Crippen LogP contribution in [0.5, 0.6) is 0 Å². The lowest BCUT2D eigenvalue weighted by Crippen LogP contribution is -2.27. The van der Waals surface area contributed by atoms with Gasteiger partial charge in [0.1, 0.15) is 0 Å². The minimum atomic E-state index is 0.617. The van der Waals surface area contributed by atoms with Crippen LogP contribution < -0.4 is 5.32 Å². The predicted octanol–water partition coefficient (Wildman–Crippen LogP) is 4.26. The largest absolute Gasteiger partial charge is 0.314 e. The minimum absolute atomic E-state index is 0.617. The van der Waals surface area contributed by atoms with Gasteiger partial charge in [-0.25, -0.2) is 4.98 Å². The van der Waals surface area contributed by atoms with Gasteiger partial charge in [0.15, 0.2) is 0 Å². The number of rotatable bonds is 7. The van der Waals surface area contributed by atoms with Gasteiger partial charge in [0.2, 0.25) is 0 Å². The summed E-state index contributed by atoms with van der Waals surface area (Å²) in [6.07, 6.45) is 6.91. The summed E-state index contributed by atoms with van der Waals surface area (Å²) in [6, 6.07) is 9.02. The lowest BCUT2D eigenvalue weighted by Gasteiger charge is -2.17. The maximum absolute atomic E-state index is 5.97. The van der Waals surface area contributed by atoms with Gasteiger partial charge in [-0.2, -0.15) is 0 Å². The van der Waals surface area contributed by atoms with Crippen molar-refractivity contribution in [1.82, 2.24) is 10.3 Å². The molecule has 4 heteroatoms. The van der Waals surface area contributed by atoms with Crippen LogP contribution in [0.3, 0.4) is 0 Å². The first-order valence-corrected chi connectivity index (χ1v) is 8.77. The number of halogens is 1. The fourth-order valence-electron chi connectivity index (χ4n) is 2.58. The van der Waals surface area contributed by atoms with Crippen LogP contribution in [-0.4, -0.2) is 17.6 Å². The summed E-state index contributed by atoms with van der Waals surface area (Å²) >= 11 is 7.79. The molecular weight excluding hydrogens is 300 g/mol. The maximum atomic E-state index is 5.97. The second-order valence-corrected chi connectivity index (χ2v) is 7.68. The number of nitrogens with zero attached hydrogens (tertiary/aromatic N) is 1. The van der Waals surface area contributed by atoms with E-state index in [4.69, 9.17) is 11.6 Å². The zero-order valence-corrected chi connectivity index (χ0v) is 13.9. The molecule has 0 spiro atoms. The highest BCUT2D eigenvalue weighted by molar-refractivity contribution is 7.11. The number of thiazole rings is 1. The standard InChI is InChI=1S/C17H21ClN2S/c1-12-19-11-17(21-12)9-14(10-20-16-6-7-16)8-13-2-4-15(18)5-3-13/h2-5,11,14,16,20H,6-10H2,1H3. The first-order chi connectivity index (χ1) is 10.2. The summed E-state index contributed by atoms with van der Waals surface area (Å²) in [7, 11) is 0. The monoisotopic (exact) mass is 320 g/mol. The number of hydrogen-bond donors (Lipinski definition) is 1. The summed E-state index contributed by atoms with van der Waals surface area (Å²) in [5.41, 5.74) is 1.36. The van der Waals surface area contributed by atoms with E-state index in [-0.39, 0.29) is 0 Å². The van der Waals surface area contributed by atoms with Gasteiger partial charge >= 0.3 is 0 Å². The summed E-state index contributed by atoms with van der Waals surface area (Å²) < 4.78 is 0. The van der Waals surface area contributed by atoms with Gasteiger partial charge in [-0.1, -0.05) is 23.7 Å². The van der Waals surface area contributed by atoms with Crippen molar-refractivity contribution in [2.24, 2.45) is 5.92 Å². The molecule has 1 atom stereocenters. The van der Waals surface area contributed by atoms with Gasteiger partial charge in [-0.15, -0.1) is 11.3 Å². The highest BCUT2D eigenvalue weighted by Gasteiger charge is 2.22. The van der Waals surface area contributed by atoms with Crippen molar-refractivity contribution >= 4 is 22.9 Å². The molecule has 0 radical (unpaired) electrons. The molecule has 1 aliphatic rings. The molecule has 1 heterocycles. The molecule has 21 heavy (non-hydrogen) atoms. The lowest BCUT2D eigenvalue weighted by atomic mass is 9.95. The zero-order valence-electron chi connectivity index (χ0n) is 12.3. The summed E-state index contributed by atoms with van der Waals surface area (Å²) in [4.78, 5) is 5.77. The highest BCUT2D eigenvalue weighted by atomic mass is 35.5. The fraction of sp³-hybridized carbons (Fsp3) is 0.471.